The molecule has 16 heavy (non-hydrogen) atoms. The molecule has 1 N–H and O–H groups in total. The van der Waals surface area contributed by atoms with Gasteiger partial charge >= 0.3 is 0 Å². The van der Waals surface area contributed by atoms with E-state index in [0.717, 1.165) is 31.9 Å². The van der Waals surface area contributed by atoms with Gasteiger partial charge in [-0.1, -0.05) is 6.07 Å². The molecule has 0 amide bonds. The van der Waals surface area contributed by atoms with Crippen LogP contribution in [0.4, 0.5) is 14.5 Å². The van der Waals surface area contributed by atoms with Crippen molar-refractivity contribution in [2.45, 2.75) is 25.3 Å². The Bertz CT molecular complexity index is 349. The number of halogens is 2. The van der Waals surface area contributed by atoms with Gasteiger partial charge < -0.3 is 10.1 Å². The summed E-state index contributed by atoms with van der Waals surface area (Å²) in [6.45, 7) is 1.43. The van der Waals surface area contributed by atoms with Crippen LogP contribution in [0.3, 0.4) is 0 Å². The minimum absolute atomic E-state index is 0.166. The smallest absolute Gasteiger partial charge is 0.181 e. The van der Waals surface area contributed by atoms with Crippen LogP contribution in [0.5, 0.6) is 0 Å². The summed E-state index contributed by atoms with van der Waals surface area (Å²) in [5.74, 6) is -1.61. The molecule has 0 aromatic heterocycles. The zero-order chi connectivity index (χ0) is 11.4. The van der Waals surface area contributed by atoms with E-state index in [1.54, 1.807) is 6.07 Å². The van der Waals surface area contributed by atoms with E-state index in [9.17, 15) is 8.78 Å². The van der Waals surface area contributed by atoms with Crippen LogP contribution in [0, 0.1) is 11.6 Å². The predicted octanol–water partition coefficient (Wildman–Crippen LogP) is 2.95. The molecule has 2 nitrogen and oxygen atoms in total. The first kappa shape index (κ1) is 11.3. The lowest BCUT2D eigenvalue weighted by Crippen LogP contribution is -2.20. The molecule has 1 saturated heterocycles. The molecule has 0 spiro atoms. The summed E-state index contributed by atoms with van der Waals surface area (Å²) < 4.78 is 31.7. The second-order valence-electron chi connectivity index (χ2n) is 3.99. The zero-order valence-electron chi connectivity index (χ0n) is 9.01. The van der Waals surface area contributed by atoms with E-state index in [2.05, 4.69) is 5.32 Å². The number of anilines is 1. The van der Waals surface area contributed by atoms with E-state index in [0.29, 0.717) is 6.61 Å². The fourth-order valence-electron chi connectivity index (χ4n) is 1.88. The summed E-state index contributed by atoms with van der Waals surface area (Å²) in [7, 11) is 0. The molecule has 0 radical (unpaired) electrons. The van der Waals surface area contributed by atoms with Crippen LogP contribution in [-0.2, 0) is 4.74 Å². The van der Waals surface area contributed by atoms with Gasteiger partial charge in [0.25, 0.3) is 0 Å². The van der Waals surface area contributed by atoms with Crippen LogP contribution in [0.2, 0.25) is 0 Å². The maximum Gasteiger partial charge on any atom is 0.181 e. The van der Waals surface area contributed by atoms with Crippen molar-refractivity contribution in [1.29, 1.82) is 0 Å². The van der Waals surface area contributed by atoms with Gasteiger partial charge in [0.1, 0.15) is 0 Å². The van der Waals surface area contributed by atoms with Crippen LogP contribution in [0.1, 0.15) is 19.3 Å². The minimum atomic E-state index is -0.810. The number of benzene rings is 1. The third kappa shape index (κ3) is 2.70. The average Bonchev–Trinajstić information content (AvgIpc) is 2.53. The molecule has 0 aliphatic carbocycles. The zero-order valence-corrected chi connectivity index (χ0v) is 9.01. The molecule has 1 aromatic rings. The Morgan fingerprint density at radius 1 is 1.19 bits per heavy atom. The van der Waals surface area contributed by atoms with Crippen LogP contribution in [0.25, 0.3) is 0 Å². The molecule has 1 fully saturated rings. The number of hydrogen-bond acceptors (Lipinski definition) is 2. The van der Waals surface area contributed by atoms with E-state index in [-0.39, 0.29) is 11.7 Å². The van der Waals surface area contributed by atoms with Gasteiger partial charge in [-0.05, 0) is 31.4 Å². The maximum absolute atomic E-state index is 13.4. The monoisotopic (exact) mass is 227 g/mol. The molecular weight excluding hydrogens is 212 g/mol. The van der Waals surface area contributed by atoms with Crippen molar-refractivity contribution in [2.24, 2.45) is 0 Å². The number of rotatable bonds is 2. The highest BCUT2D eigenvalue weighted by Gasteiger charge is 2.15. The van der Waals surface area contributed by atoms with Crippen molar-refractivity contribution in [1.82, 2.24) is 0 Å². The average molecular weight is 227 g/mol. The molecule has 0 bridgehead atoms. The third-order valence-corrected chi connectivity index (χ3v) is 2.76. The molecule has 2 rings (SSSR count). The topological polar surface area (TPSA) is 21.3 Å². The SMILES string of the molecule is Fc1cccc(NC2CCCOCC2)c1F. The predicted molar refractivity (Wildman–Crippen MR) is 58.4 cm³/mol. The Morgan fingerprint density at radius 3 is 2.94 bits per heavy atom. The summed E-state index contributed by atoms with van der Waals surface area (Å²) in [6.07, 6.45) is 2.71. The quantitative estimate of drug-likeness (QED) is 0.838. The number of hydrogen-bond donors (Lipinski definition) is 1. The Balaban J connectivity index is 2.04. The van der Waals surface area contributed by atoms with Crippen LogP contribution in [0.15, 0.2) is 18.2 Å². The lowest BCUT2D eigenvalue weighted by molar-refractivity contribution is 0.144. The Labute approximate surface area is 93.6 Å². The highest BCUT2D eigenvalue weighted by atomic mass is 19.2. The molecule has 1 atom stereocenters. The largest absolute Gasteiger partial charge is 0.381 e. The summed E-state index contributed by atoms with van der Waals surface area (Å²) in [4.78, 5) is 0. The van der Waals surface area contributed by atoms with Gasteiger partial charge in [0.2, 0.25) is 0 Å². The van der Waals surface area contributed by atoms with Gasteiger partial charge in [0.15, 0.2) is 11.6 Å². The van der Waals surface area contributed by atoms with Crippen molar-refractivity contribution in [3.63, 3.8) is 0 Å². The molecule has 1 aromatic carbocycles. The van der Waals surface area contributed by atoms with Crippen molar-refractivity contribution >= 4 is 5.69 Å². The molecular formula is C12H15F2NO. The second-order valence-corrected chi connectivity index (χ2v) is 3.99. The van der Waals surface area contributed by atoms with E-state index in [1.807, 2.05) is 0 Å². The van der Waals surface area contributed by atoms with E-state index < -0.39 is 11.6 Å². The van der Waals surface area contributed by atoms with Gasteiger partial charge in [0.05, 0.1) is 5.69 Å². The normalized spacial score (nSPS) is 21.5. The molecule has 1 aliphatic heterocycles. The van der Waals surface area contributed by atoms with Gasteiger partial charge in [-0.2, -0.15) is 0 Å². The van der Waals surface area contributed by atoms with Crippen molar-refractivity contribution in [3.05, 3.63) is 29.8 Å². The number of ether oxygens (including phenoxy) is 1. The van der Waals surface area contributed by atoms with Gasteiger partial charge in [-0.15, -0.1) is 0 Å². The van der Waals surface area contributed by atoms with Gasteiger partial charge in [-0.25, -0.2) is 8.78 Å². The van der Waals surface area contributed by atoms with E-state index in [1.165, 1.54) is 6.07 Å². The van der Waals surface area contributed by atoms with Crippen molar-refractivity contribution in [2.75, 3.05) is 18.5 Å². The molecule has 88 valence electrons. The van der Waals surface area contributed by atoms with Crippen LogP contribution in [-0.4, -0.2) is 19.3 Å². The summed E-state index contributed by atoms with van der Waals surface area (Å²) >= 11 is 0. The fraction of sp³-hybridized carbons (Fsp3) is 0.500. The Kier molecular flexibility index (Phi) is 3.72. The molecule has 1 heterocycles. The summed E-state index contributed by atoms with van der Waals surface area (Å²) in [6, 6.07) is 4.35. The first-order valence-electron chi connectivity index (χ1n) is 5.55. The van der Waals surface area contributed by atoms with Crippen molar-refractivity contribution < 1.29 is 13.5 Å². The van der Waals surface area contributed by atoms with E-state index >= 15 is 0 Å². The fourth-order valence-corrected chi connectivity index (χ4v) is 1.88. The highest BCUT2D eigenvalue weighted by Crippen LogP contribution is 2.20. The lowest BCUT2D eigenvalue weighted by Gasteiger charge is -2.17. The minimum Gasteiger partial charge on any atom is -0.381 e. The van der Waals surface area contributed by atoms with Gasteiger partial charge in [-0.3, -0.25) is 0 Å². The third-order valence-electron chi connectivity index (χ3n) is 2.76. The molecule has 4 heteroatoms. The standard InChI is InChI=1S/C12H15F2NO/c13-10-4-1-5-11(12(10)14)15-9-3-2-7-16-8-6-9/h1,4-5,9,15H,2-3,6-8H2. The Hall–Kier alpha value is -1.16. The first-order valence-corrected chi connectivity index (χ1v) is 5.55. The molecule has 1 unspecified atom stereocenters. The lowest BCUT2D eigenvalue weighted by atomic mass is 10.1. The Morgan fingerprint density at radius 2 is 2.06 bits per heavy atom. The molecule has 0 saturated carbocycles. The first-order chi connectivity index (χ1) is 7.77. The summed E-state index contributed by atoms with van der Waals surface area (Å²) in [5.41, 5.74) is 0.243. The maximum atomic E-state index is 13.4. The molecule has 1 aliphatic rings. The van der Waals surface area contributed by atoms with Gasteiger partial charge in [0, 0.05) is 19.3 Å². The van der Waals surface area contributed by atoms with Crippen LogP contribution < -0.4 is 5.32 Å². The van der Waals surface area contributed by atoms with Crippen LogP contribution >= 0.6 is 0 Å². The highest BCUT2D eigenvalue weighted by molar-refractivity contribution is 5.45. The second kappa shape index (κ2) is 5.25. The van der Waals surface area contributed by atoms with E-state index in [4.69, 9.17) is 4.74 Å². The number of nitrogens with one attached hydrogen (secondary N) is 1. The van der Waals surface area contributed by atoms with Crippen molar-refractivity contribution in [3.8, 4) is 0 Å². The summed E-state index contributed by atoms with van der Waals surface area (Å²) in [5, 5.41) is 3.03.